The molecule has 0 saturated carbocycles. The van der Waals surface area contributed by atoms with Crippen molar-refractivity contribution in [3.63, 3.8) is 0 Å². The number of nitrogen functional groups attached to an aromatic ring is 1. The molecule has 0 unspecified atom stereocenters. The Morgan fingerprint density at radius 2 is 1.93 bits per heavy atom. The van der Waals surface area contributed by atoms with Gasteiger partial charge in [-0.1, -0.05) is 22.9 Å². The summed E-state index contributed by atoms with van der Waals surface area (Å²) in [6.07, 6.45) is 0. The lowest BCUT2D eigenvalue weighted by atomic mass is 10.2. The first kappa shape index (κ1) is 9.43. The van der Waals surface area contributed by atoms with Crippen molar-refractivity contribution in [3.05, 3.63) is 34.5 Å². The van der Waals surface area contributed by atoms with E-state index in [1.807, 2.05) is 0 Å². The Balaban J connectivity index is 2.49. The molecule has 1 aromatic heterocycles. The van der Waals surface area contributed by atoms with Crippen molar-refractivity contribution in [1.29, 1.82) is 0 Å². The van der Waals surface area contributed by atoms with Gasteiger partial charge in [-0.25, -0.2) is 9.37 Å². The van der Waals surface area contributed by atoms with Crippen molar-refractivity contribution < 1.29 is 4.39 Å². The van der Waals surface area contributed by atoms with Crippen LogP contribution in [0.3, 0.4) is 0 Å². The van der Waals surface area contributed by atoms with E-state index in [2.05, 4.69) is 4.98 Å². The molecule has 0 aliphatic heterocycles. The third-order valence-electron chi connectivity index (χ3n) is 1.74. The highest BCUT2D eigenvalue weighted by atomic mass is 35.5. The smallest absolute Gasteiger partial charge is 0.186 e. The minimum absolute atomic E-state index is 0.284. The lowest BCUT2D eigenvalue weighted by Gasteiger charge is -1.97. The van der Waals surface area contributed by atoms with Gasteiger partial charge in [0, 0.05) is 5.56 Å². The highest BCUT2D eigenvalue weighted by Gasteiger charge is 2.08. The number of hydrogen-bond acceptors (Lipinski definition) is 3. The number of aromatic nitrogens is 1. The molecule has 0 aliphatic rings. The van der Waals surface area contributed by atoms with E-state index in [-0.39, 0.29) is 5.82 Å². The summed E-state index contributed by atoms with van der Waals surface area (Å²) in [5.74, 6) is -0.284. The van der Waals surface area contributed by atoms with Gasteiger partial charge in [-0.2, -0.15) is 0 Å². The maximum Gasteiger partial charge on any atom is 0.186 e. The van der Waals surface area contributed by atoms with Crippen LogP contribution >= 0.6 is 22.9 Å². The molecule has 0 aliphatic carbocycles. The van der Waals surface area contributed by atoms with E-state index in [0.29, 0.717) is 15.2 Å². The number of nitrogens with zero attached hydrogens (tertiary/aromatic N) is 1. The molecule has 2 rings (SSSR count). The zero-order valence-electron chi connectivity index (χ0n) is 7.00. The molecule has 72 valence electrons. The lowest BCUT2D eigenvalue weighted by molar-refractivity contribution is 0.628. The van der Waals surface area contributed by atoms with Crippen molar-refractivity contribution in [3.8, 4) is 11.3 Å². The molecule has 2 nitrogen and oxygen atoms in total. The number of nitrogens with two attached hydrogens (primary N) is 1. The predicted molar refractivity (Wildman–Crippen MR) is 56.9 cm³/mol. The van der Waals surface area contributed by atoms with Gasteiger partial charge in [-0.05, 0) is 24.3 Å². The van der Waals surface area contributed by atoms with Gasteiger partial charge in [0.1, 0.15) is 16.5 Å². The maximum atomic E-state index is 12.6. The molecule has 2 aromatic rings. The molecule has 0 fully saturated rings. The Kier molecular flexibility index (Phi) is 2.39. The minimum Gasteiger partial charge on any atom is -0.389 e. The Hall–Kier alpha value is -1.13. The number of hydrogen-bond donors (Lipinski definition) is 1. The normalized spacial score (nSPS) is 10.4. The van der Waals surface area contributed by atoms with Crippen LogP contribution in [0.1, 0.15) is 0 Å². The molecule has 0 spiro atoms. The molecule has 2 N–H and O–H groups in total. The summed E-state index contributed by atoms with van der Waals surface area (Å²) in [5.41, 5.74) is 7.07. The summed E-state index contributed by atoms with van der Waals surface area (Å²) < 4.78 is 13.0. The van der Waals surface area contributed by atoms with Crippen LogP contribution in [0.5, 0.6) is 0 Å². The van der Waals surface area contributed by atoms with Crippen LogP contribution < -0.4 is 5.73 Å². The first-order valence-electron chi connectivity index (χ1n) is 3.84. The first-order valence-corrected chi connectivity index (χ1v) is 5.04. The first-order chi connectivity index (χ1) is 6.66. The van der Waals surface area contributed by atoms with Gasteiger partial charge in [0.25, 0.3) is 0 Å². The Labute approximate surface area is 89.2 Å². The predicted octanol–water partition coefficient (Wildman–Crippen LogP) is 3.18. The number of benzene rings is 1. The van der Waals surface area contributed by atoms with Gasteiger partial charge in [-0.3, -0.25) is 0 Å². The SMILES string of the molecule is Nc1sc(Cl)nc1-c1ccc(F)cc1. The quantitative estimate of drug-likeness (QED) is 0.814. The fourth-order valence-electron chi connectivity index (χ4n) is 1.12. The van der Waals surface area contributed by atoms with Crippen LogP contribution in [0, 0.1) is 5.82 Å². The monoisotopic (exact) mass is 228 g/mol. The summed E-state index contributed by atoms with van der Waals surface area (Å²) in [7, 11) is 0. The Morgan fingerprint density at radius 1 is 1.29 bits per heavy atom. The summed E-state index contributed by atoms with van der Waals surface area (Å²) in [6.45, 7) is 0. The molecule has 0 radical (unpaired) electrons. The largest absolute Gasteiger partial charge is 0.389 e. The molecule has 14 heavy (non-hydrogen) atoms. The van der Waals surface area contributed by atoms with E-state index >= 15 is 0 Å². The highest BCUT2D eigenvalue weighted by molar-refractivity contribution is 7.19. The third-order valence-corrected chi connectivity index (χ3v) is 2.73. The molecular weight excluding hydrogens is 223 g/mol. The fourth-order valence-corrected chi connectivity index (χ4v) is 2.03. The van der Waals surface area contributed by atoms with Gasteiger partial charge in [0.2, 0.25) is 0 Å². The topological polar surface area (TPSA) is 38.9 Å². The van der Waals surface area contributed by atoms with Crippen LogP contribution in [-0.2, 0) is 0 Å². The lowest BCUT2D eigenvalue weighted by Crippen LogP contribution is -1.85. The van der Waals surface area contributed by atoms with Gasteiger partial charge < -0.3 is 5.73 Å². The summed E-state index contributed by atoms with van der Waals surface area (Å²) in [6, 6.07) is 5.97. The van der Waals surface area contributed by atoms with E-state index in [4.69, 9.17) is 17.3 Å². The van der Waals surface area contributed by atoms with E-state index < -0.39 is 0 Å². The van der Waals surface area contributed by atoms with Crippen molar-refractivity contribution in [2.24, 2.45) is 0 Å². The van der Waals surface area contributed by atoms with Gasteiger partial charge in [0.15, 0.2) is 4.47 Å². The molecule has 1 heterocycles. The van der Waals surface area contributed by atoms with Gasteiger partial charge in [-0.15, -0.1) is 0 Å². The second-order valence-electron chi connectivity index (χ2n) is 2.69. The minimum atomic E-state index is -0.284. The standard InChI is InChI=1S/C9H6ClFN2S/c10-9-13-7(8(12)14-9)5-1-3-6(11)4-2-5/h1-4H,12H2. The van der Waals surface area contributed by atoms with Gasteiger partial charge in [0.05, 0.1) is 0 Å². The van der Waals surface area contributed by atoms with Crippen molar-refractivity contribution in [1.82, 2.24) is 4.98 Å². The van der Waals surface area contributed by atoms with Crippen LogP contribution in [0.15, 0.2) is 24.3 Å². The van der Waals surface area contributed by atoms with Crippen LogP contribution in [-0.4, -0.2) is 4.98 Å². The highest BCUT2D eigenvalue weighted by Crippen LogP contribution is 2.32. The summed E-state index contributed by atoms with van der Waals surface area (Å²) >= 11 is 6.91. The average Bonchev–Trinajstić information content (AvgIpc) is 2.47. The zero-order valence-corrected chi connectivity index (χ0v) is 8.57. The molecule has 0 saturated heterocycles. The van der Waals surface area contributed by atoms with Gasteiger partial charge >= 0.3 is 0 Å². The second kappa shape index (κ2) is 3.55. The van der Waals surface area contributed by atoms with E-state index in [9.17, 15) is 4.39 Å². The third kappa shape index (κ3) is 1.71. The Bertz CT molecular complexity index is 452. The van der Waals surface area contributed by atoms with Crippen molar-refractivity contribution in [2.45, 2.75) is 0 Å². The number of anilines is 1. The molecule has 5 heteroatoms. The van der Waals surface area contributed by atoms with E-state index in [1.165, 1.54) is 23.5 Å². The zero-order chi connectivity index (χ0) is 10.1. The molecule has 0 amide bonds. The van der Waals surface area contributed by atoms with Crippen molar-refractivity contribution >= 4 is 27.9 Å². The van der Waals surface area contributed by atoms with Crippen LogP contribution in [0.2, 0.25) is 4.47 Å². The fraction of sp³-hybridized carbons (Fsp3) is 0. The second-order valence-corrected chi connectivity index (χ2v) is 4.30. The molecular formula is C9H6ClFN2S. The summed E-state index contributed by atoms with van der Waals surface area (Å²) in [4.78, 5) is 4.05. The average molecular weight is 229 g/mol. The van der Waals surface area contributed by atoms with Crippen molar-refractivity contribution in [2.75, 3.05) is 5.73 Å². The Morgan fingerprint density at radius 3 is 2.43 bits per heavy atom. The molecule has 0 bridgehead atoms. The number of rotatable bonds is 1. The van der Waals surface area contributed by atoms with E-state index in [1.54, 1.807) is 12.1 Å². The summed E-state index contributed by atoms with van der Waals surface area (Å²) in [5, 5.41) is 0.543. The van der Waals surface area contributed by atoms with E-state index in [0.717, 1.165) is 5.56 Å². The molecule has 0 atom stereocenters. The van der Waals surface area contributed by atoms with Crippen LogP contribution in [0.25, 0.3) is 11.3 Å². The maximum absolute atomic E-state index is 12.6. The number of thiazole rings is 1. The number of halogens is 2. The molecule has 1 aromatic carbocycles. The van der Waals surface area contributed by atoms with Crippen LogP contribution in [0.4, 0.5) is 9.39 Å².